The van der Waals surface area contributed by atoms with Crippen LogP contribution in [-0.2, 0) is 4.79 Å². The van der Waals surface area contributed by atoms with Gasteiger partial charge in [0.1, 0.15) is 17.7 Å². The lowest BCUT2D eigenvalue weighted by Crippen LogP contribution is -2.22. The first-order valence-electron chi connectivity index (χ1n) is 3.66. The molecule has 0 aliphatic rings. The summed E-state index contributed by atoms with van der Waals surface area (Å²) < 4.78 is 25.7. The normalized spacial score (nSPS) is 12.5. The largest absolute Gasteiger partial charge is 0.480 e. The van der Waals surface area contributed by atoms with E-state index in [4.69, 9.17) is 16.6 Å². The second kappa shape index (κ2) is 3.59. The van der Waals surface area contributed by atoms with Crippen molar-refractivity contribution in [1.82, 2.24) is 0 Å². The van der Waals surface area contributed by atoms with Gasteiger partial charge in [-0.2, -0.15) is 0 Å². The Balaban J connectivity index is 3.22. The van der Waals surface area contributed by atoms with Gasteiger partial charge in [-0.05, 0) is 6.07 Å². The summed E-state index contributed by atoms with van der Waals surface area (Å²) in [5.74, 6) is -3.37. The molecule has 1 aromatic rings. The van der Waals surface area contributed by atoms with Crippen LogP contribution in [0, 0.1) is 11.6 Å². The molecule has 0 saturated heterocycles. The van der Waals surface area contributed by atoms with Crippen LogP contribution in [-0.4, -0.2) is 11.1 Å². The average Bonchev–Trinajstić information content (AvgIpc) is 2.10. The Kier molecular flexibility index (Phi) is 2.66. The molecule has 0 amide bonds. The van der Waals surface area contributed by atoms with E-state index in [2.05, 4.69) is 0 Å². The summed E-state index contributed by atoms with van der Waals surface area (Å²) in [6, 6.07) is -0.158. The zero-order valence-corrected chi connectivity index (χ0v) is 7.00. The Morgan fingerprint density at radius 3 is 2.43 bits per heavy atom. The van der Waals surface area contributed by atoms with E-state index in [9.17, 15) is 13.6 Å². The highest BCUT2D eigenvalue weighted by Gasteiger charge is 2.20. The molecule has 1 aromatic carbocycles. The standard InChI is InChI=1S/C8H8F2N2O2/c9-4-2-5(10)6(11)1-3(4)7(12)8(13)14/h1-2,7H,11-12H2,(H,13,14)/t7-/m0/s1. The number of rotatable bonds is 2. The van der Waals surface area contributed by atoms with E-state index in [1.165, 1.54) is 0 Å². The molecule has 1 rings (SSSR count). The van der Waals surface area contributed by atoms with Crippen molar-refractivity contribution in [3.05, 3.63) is 29.3 Å². The molecule has 14 heavy (non-hydrogen) atoms. The number of carboxylic acids is 1. The Hall–Kier alpha value is -1.69. The Morgan fingerprint density at radius 1 is 1.36 bits per heavy atom. The monoisotopic (exact) mass is 202 g/mol. The lowest BCUT2D eigenvalue weighted by molar-refractivity contribution is -0.138. The highest BCUT2D eigenvalue weighted by molar-refractivity contribution is 5.75. The molecule has 0 aliphatic heterocycles. The predicted molar refractivity (Wildman–Crippen MR) is 45.3 cm³/mol. The number of nitrogens with two attached hydrogens (primary N) is 2. The molecule has 4 nitrogen and oxygen atoms in total. The van der Waals surface area contributed by atoms with Gasteiger partial charge in [-0.25, -0.2) is 8.78 Å². The molecule has 0 radical (unpaired) electrons. The van der Waals surface area contributed by atoms with Crippen LogP contribution in [0.2, 0.25) is 0 Å². The minimum absolute atomic E-state index is 0.335. The summed E-state index contributed by atoms with van der Waals surface area (Å²) in [5.41, 5.74) is 9.61. The SMILES string of the molecule is Nc1cc([C@H](N)C(=O)O)c(F)cc1F. The first-order chi connectivity index (χ1) is 6.43. The van der Waals surface area contributed by atoms with Gasteiger partial charge in [-0.1, -0.05) is 0 Å². The van der Waals surface area contributed by atoms with Crippen molar-refractivity contribution in [2.45, 2.75) is 6.04 Å². The molecule has 0 heterocycles. The number of anilines is 1. The molecule has 0 unspecified atom stereocenters. The molecule has 6 heteroatoms. The maximum absolute atomic E-state index is 13.0. The van der Waals surface area contributed by atoms with E-state index >= 15 is 0 Å². The van der Waals surface area contributed by atoms with Crippen molar-refractivity contribution in [2.75, 3.05) is 5.73 Å². The predicted octanol–water partition coefficient (Wildman–Crippen LogP) is 0.631. The highest BCUT2D eigenvalue weighted by Crippen LogP contribution is 2.21. The Labute approximate surface area is 78.1 Å². The minimum atomic E-state index is -1.54. The number of halogens is 2. The average molecular weight is 202 g/mol. The number of aliphatic carboxylic acids is 1. The summed E-state index contributed by atoms with van der Waals surface area (Å²) in [6.07, 6.45) is 0. The Morgan fingerprint density at radius 2 is 1.93 bits per heavy atom. The third-order valence-corrected chi connectivity index (χ3v) is 1.72. The summed E-state index contributed by atoms with van der Waals surface area (Å²) in [7, 11) is 0. The molecular formula is C8H8F2N2O2. The molecule has 1 atom stereocenters. The molecule has 0 fully saturated rings. The van der Waals surface area contributed by atoms with E-state index < -0.39 is 23.6 Å². The molecule has 0 bridgehead atoms. The van der Waals surface area contributed by atoms with Crippen LogP contribution in [0.4, 0.5) is 14.5 Å². The first kappa shape index (κ1) is 10.4. The zero-order chi connectivity index (χ0) is 10.9. The molecule has 0 spiro atoms. The third-order valence-electron chi connectivity index (χ3n) is 1.72. The van der Waals surface area contributed by atoms with Crippen molar-refractivity contribution in [3.8, 4) is 0 Å². The fourth-order valence-corrected chi connectivity index (χ4v) is 0.955. The Bertz CT molecular complexity index is 382. The second-order valence-corrected chi connectivity index (χ2v) is 2.71. The third kappa shape index (κ3) is 1.80. The van der Waals surface area contributed by atoms with Gasteiger partial charge in [0, 0.05) is 11.6 Å². The van der Waals surface area contributed by atoms with E-state index in [-0.39, 0.29) is 11.3 Å². The van der Waals surface area contributed by atoms with Gasteiger partial charge in [-0.15, -0.1) is 0 Å². The minimum Gasteiger partial charge on any atom is -0.480 e. The van der Waals surface area contributed by atoms with E-state index in [1.807, 2.05) is 0 Å². The van der Waals surface area contributed by atoms with Crippen LogP contribution in [0.1, 0.15) is 11.6 Å². The maximum atomic E-state index is 13.0. The number of hydrogen-bond donors (Lipinski definition) is 3. The van der Waals surface area contributed by atoms with Crippen LogP contribution in [0.5, 0.6) is 0 Å². The van der Waals surface area contributed by atoms with Gasteiger partial charge in [0.15, 0.2) is 0 Å². The summed E-state index contributed by atoms with van der Waals surface area (Å²) in [5, 5.41) is 8.49. The first-order valence-corrected chi connectivity index (χ1v) is 3.66. The highest BCUT2D eigenvalue weighted by atomic mass is 19.1. The van der Waals surface area contributed by atoms with Crippen LogP contribution in [0.3, 0.4) is 0 Å². The number of carbonyl (C=O) groups is 1. The van der Waals surface area contributed by atoms with Crippen LogP contribution in [0.15, 0.2) is 12.1 Å². The number of carboxylic acid groups (broad SMARTS) is 1. The van der Waals surface area contributed by atoms with Crippen molar-refractivity contribution >= 4 is 11.7 Å². The van der Waals surface area contributed by atoms with Crippen molar-refractivity contribution in [1.29, 1.82) is 0 Å². The van der Waals surface area contributed by atoms with Gasteiger partial charge in [0.25, 0.3) is 0 Å². The quantitative estimate of drug-likeness (QED) is 0.613. The lowest BCUT2D eigenvalue weighted by Gasteiger charge is -2.09. The topological polar surface area (TPSA) is 89.3 Å². The fraction of sp³-hybridized carbons (Fsp3) is 0.125. The van der Waals surface area contributed by atoms with E-state index in [0.717, 1.165) is 6.07 Å². The number of nitrogen functional groups attached to an aromatic ring is 1. The smallest absolute Gasteiger partial charge is 0.325 e. The van der Waals surface area contributed by atoms with Crippen LogP contribution >= 0.6 is 0 Å². The van der Waals surface area contributed by atoms with E-state index in [1.54, 1.807) is 0 Å². The number of hydrogen-bond acceptors (Lipinski definition) is 3. The van der Waals surface area contributed by atoms with Crippen LogP contribution < -0.4 is 11.5 Å². The summed E-state index contributed by atoms with van der Waals surface area (Å²) in [4.78, 5) is 10.4. The van der Waals surface area contributed by atoms with Crippen molar-refractivity contribution < 1.29 is 18.7 Å². The van der Waals surface area contributed by atoms with Gasteiger partial charge >= 0.3 is 5.97 Å². The van der Waals surface area contributed by atoms with Gasteiger partial charge < -0.3 is 16.6 Å². The summed E-state index contributed by atoms with van der Waals surface area (Å²) in [6.45, 7) is 0. The van der Waals surface area contributed by atoms with Crippen molar-refractivity contribution in [2.24, 2.45) is 5.73 Å². The van der Waals surface area contributed by atoms with Gasteiger partial charge in [0.05, 0.1) is 5.69 Å². The summed E-state index contributed by atoms with van der Waals surface area (Å²) >= 11 is 0. The second-order valence-electron chi connectivity index (χ2n) is 2.71. The zero-order valence-electron chi connectivity index (χ0n) is 7.00. The molecule has 0 aliphatic carbocycles. The molecule has 76 valence electrons. The van der Waals surface area contributed by atoms with E-state index in [0.29, 0.717) is 6.07 Å². The van der Waals surface area contributed by atoms with Crippen molar-refractivity contribution in [3.63, 3.8) is 0 Å². The molecular weight excluding hydrogens is 194 g/mol. The molecule has 0 aromatic heterocycles. The van der Waals surface area contributed by atoms with Gasteiger partial charge in [0.2, 0.25) is 0 Å². The number of benzene rings is 1. The molecule has 0 saturated carbocycles. The van der Waals surface area contributed by atoms with Gasteiger partial charge in [-0.3, -0.25) is 4.79 Å². The maximum Gasteiger partial charge on any atom is 0.325 e. The fourth-order valence-electron chi connectivity index (χ4n) is 0.955. The lowest BCUT2D eigenvalue weighted by atomic mass is 10.1. The molecule has 5 N–H and O–H groups in total. The van der Waals surface area contributed by atoms with Crippen LogP contribution in [0.25, 0.3) is 0 Å².